The van der Waals surface area contributed by atoms with Gasteiger partial charge in [-0.25, -0.2) is 9.97 Å². The first kappa shape index (κ1) is 9.86. The average Bonchev–Trinajstić information content (AvgIpc) is 2.19. The van der Waals surface area contributed by atoms with Gasteiger partial charge >= 0.3 is 0 Å². The molecule has 0 unspecified atom stereocenters. The molecule has 13 heavy (non-hydrogen) atoms. The molecule has 0 saturated heterocycles. The molecule has 0 aliphatic heterocycles. The van der Waals surface area contributed by atoms with Crippen molar-refractivity contribution in [3.05, 3.63) is 30.4 Å². The van der Waals surface area contributed by atoms with Crippen molar-refractivity contribution < 1.29 is 0 Å². The zero-order chi connectivity index (χ0) is 9.36. The number of aromatic nitrogens is 2. The summed E-state index contributed by atoms with van der Waals surface area (Å²) in [5.74, 6) is 0. The number of nitrogens with zero attached hydrogens (tertiary/aromatic N) is 2. The van der Waals surface area contributed by atoms with Gasteiger partial charge in [0.05, 0.1) is 5.69 Å². The van der Waals surface area contributed by atoms with Crippen molar-refractivity contribution >= 4 is 6.08 Å². The first-order valence-corrected chi connectivity index (χ1v) is 4.56. The monoisotopic (exact) mass is 177 g/mol. The SMILES string of the molecule is CCCNCC=Cc1ccncn1. The van der Waals surface area contributed by atoms with Gasteiger partial charge in [0.2, 0.25) is 0 Å². The van der Waals surface area contributed by atoms with Crippen molar-refractivity contribution in [2.45, 2.75) is 13.3 Å². The van der Waals surface area contributed by atoms with Crippen LogP contribution in [0.25, 0.3) is 6.08 Å². The Labute approximate surface area is 78.9 Å². The number of hydrogen-bond acceptors (Lipinski definition) is 3. The standard InChI is InChI=1S/C10H15N3/c1-2-6-11-7-3-4-10-5-8-12-9-13-10/h3-5,8-9,11H,2,6-7H2,1H3. The van der Waals surface area contributed by atoms with E-state index < -0.39 is 0 Å². The van der Waals surface area contributed by atoms with Gasteiger partial charge in [-0.1, -0.05) is 13.0 Å². The van der Waals surface area contributed by atoms with E-state index in [9.17, 15) is 0 Å². The molecule has 0 fully saturated rings. The molecule has 3 nitrogen and oxygen atoms in total. The Morgan fingerprint density at radius 3 is 3.15 bits per heavy atom. The normalized spacial score (nSPS) is 10.8. The van der Waals surface area contributed by atoms with E-state index >= 15 is 0 Å². The molecule has 1 heterocycles. The van der Waals surface area contributed by atoms with Crippen LogP contribution in [0.15, 0.2) is 24.7 Å². The minimum atomic E-state index is 0.901. The third kappa shape index (κ3) is 4.38. The lowest BCUT2D eigenvalue weighted by Crippen LogP contribution is -2.13. The highest BCUT2D eigenvalue weighted by Crippen LogP contribution is 1.92. The quantitative estimate of drug-likeness (QED) is 0.692. The summed E-state index contributed by atoms with van der Waals surface area (Å²) >= 11 is 0. The molecular formula is C10H15N3. The van der Waals surface area contributed by atoms with E-state index in [4.69, 9.17) is 0 Å². The zero-order valence-electron chi connectivity index (χ0n) is 7.90. The van der Waals surface area contributed by atoms with Crippen LogP contribution in [0.3, 0.4) is 0 Å². The van der Waals surface area contributed by atoms with E-state index in [0.717, 1.165) is 18.8 Å². The van der Waals surface area contributed by atoms with Crippen molar-refractivity contribution in [2.24, 2.45) is 0 Å². The Morgan fingerprint density at radius 2 is 2.46 bits per heavy atom. The second kappa shape index (κ2) is 6.31. The Bertz CT molecular complexity index is 244. The van der Waals surface area contributed by atoms with Gasteiger partial charge in [-0.2, -0.15) is 0 Å². The van der Waals surface area contributed by atoms with Gasteiger partial charge in [0.1, 0.15) is 6.33 Å². The van der Waals surface area contributed by atoms with Crippen LogP contribution in [0.1, 0.15) is 19.0 Å². The van der Waals surface area contributed by atoms with Crippen LogP contribution >= 0.6 is 0 Å². The van der Waals surface area contributed by atoms with Crippen LogP contribution in [-0.4, -0.2) is 23.1 Å². The highest BCUT2D eigenvalue weighted by Gasteiger charge is 1.83. The Kier molecular flexibility index (Phi) is 4.79. The Hall–Kier alpha value is -1.22. The molecule has 0 bridgehead atoms. The fourth-order valence-corrected chi connectivity index (χ4v) is 0.941. The van der Waals surface area contributed by atoms with Gasteiger partial charge in [-0.3, -0.25) is 0 Å². The van der Waals surface area contributed by atoms with E-state index in [1.54, 1.807) is 12.5 Å². The van der Waals surface area contributed by atoms with Crippen LogP contribution < -0.4 is 5.32 Å². The van der Waals surface area contributed by atoms with E-state index in [2.05, 4.69) is 28.3 Å². The summed E-state index contributed by atoms with van der Waals surface area (Å²) in [5, 5.41) is 3.28. The molecule has 0 saturated carbocycles. The largest absolute Gasteiger partial charge is 0.313 e. The maximum atomic E-state index is 4.07. The highest BCUT2D eigenvalue weighted by molar-refractivity contribution is 5.43. The van der Waals surface area contributed by atoms with E-state index in [-0.39, 0.29) is 0 Å². The average molecular weight is 177 g/mol. The van der Waals surface area contributed by atoms with Gasteiger partial charge in [0.15, 0.2) is 0 Å². The molecule has 1 aromatic heterocycles. The lowest BCUT2D eigenvalue weighted by atomic mass is 10.3. The summed E-state index contributed by atoms with van der Waals surface area (Å²) in [7, 11) is 0. The highest BCUT2D eigenvalue weighted by atomic mass is 14.8. The predicted octanol–water partition coefficient (Wildman–Crippen LogP) is 1.49. The molecular weight excluding hydrogens is 162 g/mol. The summed E-state index contributed by atoms with van der Waals surface area (Å²) in [6.45, 7) is 4.12. The van der Waals surface area contributed by atoms with Crippen molar-refractivity contribution in [2.75, 3.05) is 13.1 Å². The third-order valence-corrected chi connectivity index (χ3v) is 1.58. The van der Waals surface area contributed by atoms with Crippen molar-refractivity contribution in [3.63, 3.8) is 0 Å². The fourth-order valence-electron chi connectivity index (χ4n) is 0.941. The van der Waals surface area contributed by atoms with Crippen molar-refractivity contribution in [1.29, 1.82) is 0 Å². The maximum absolute atomic E-state index is 4.07. The molecule has 1 N–H and O–H groups in total. The van der Waals surface area contributed by atoms with Crippen LogP contribution in [0.5, 0.6) is 0 Å². The van der Waals surface area contributed by atoms with Crippen LogP contribution in [0.2, 0.25) is 0 Å². The molecule has 0 atom stereocenters. The van der Waals surface area contributed by atoms with Gasteiger partial charge in [-0.05, 0) is 25.1 Å². The van der Waals surface area contributed by atoms with Gasteiger partial charge in [0.25, 0.3) is 0 Å². The number of hydrogen-bond donors (Lipinski definition) is 1. The van der Waals surface area contributed by atoms with Crippen LogP contribution in [-0.2, 0) is 0 Å². The Balaban J connectivity index is 2.25. The molecule has 0 aliphatic carbocycles. The summed E-state index contributed by atoms with van der Waals surface area (Å²) in [5.41, 5.74) is 0.952. The molecule has 0 amide bonds. The number of rotatable bonds is 5. The van der Waals surface area contributed by atoms with Crippen molar-refractivity contribution in [3.8, 4) is 0 Å². The number of nitrogens with one attached hydrogen (secondary N) is 1. The van der Waals surface area contributed by atoms with Crippen LogP contribution in [0, 0.1) is 0 Å². The molecule has 70 valence electrons. The molecule has 1 rings (SSSR count). The molecule has 0 aromatic carbocycles. The van der Waals surface area contributed by atoms with E-state index in [1.807, 2.05) is 12.1 Å². The smallest absolute Gasteiger partial charge is 0.115 e. The minimum absolute atomic E-state index is 0.901. The summed E-state index contributed by atoms with van der Waals surface area (Å²) in [6, 6.07) is 1.89. The summed E-state index contributed by atoms with van der Waals surface area (Å²) in [4.78, 5) is 7.91. The molecule has 0 radical (unpaired) electrons. The van der Waals surface area contributed by atoms with E-state index in [0.29, 0.717) is 0 Å². The molecule has 0 spiro atoms. The minimum Gasteiger partial charge on any atom is -0.313 e. The Morgan fingerprint density at radius 1 is 1.54 bits per heavy atom. The first-order valence-electron chi connectivity index (χ1n) is 4.56. The first-order chi connectivity index (χ1) is 6.43. The zero-order valence-corrected chi connectivity index (χ0v) is 7.90. The molecule has 1 aromatic rings. The third-order valence-electron chi connectivity index (χ3n) is 1.58. The fraction of sp³-hybridized carbons (Fsp3) is 0.400. The van der Waals surface area contributed by atoms with Gasteiger partial charge in [0, 0.05) is 12.7 Å². The van der Waals surface area contributed by atoms with Gasteiger partial charge in [-0.15, -0.1) is 0 Å². The predicted molar refractivity (Wildman–Crippen MR) is 54.2 cm³/mol. The molecule has 0 aliphatic rings. The molecule has 3 heteroatoms. The van der Waals surface area contributed by atoms with E-state index in [1.165, 1.54) is 6.42 Å². The summed E-state index contributed by atoms with van der Waals surface area (Å²) < 4.78 is 0. The second-order valence-corrected chi connectivity index (χ2v) is 2.74. The van der Waals surface area contributed by atoms with Gasteiger partial charge < -0.3 is 5.32 Å². The maximum Gasteiger partial charge on any atom is 0.115 e. The lowest BCUT2D eigenvalue weighted by molar-refractivity contribution is 0.730. The lowest BCUT2D eigenvalue weighted by Gasteiger charge is -1.95. The summed E-state index contributed by atoms with van der Waals surface area (Å²) in [6.07, 6.45) is 8.52. The van der Waals surface area contributed by atoms with Crippen LogP contribution in [0.4, 0.5) is 0 Å². The van der Waals surface area contributed by atoms with Crippen molar-refractivity contribution in [1.82, 2.24) is 15.3 Å². The topological polar surface area (TPSA) is 37.8 Å². The second-order valence-electron chi connectivity index (χ2n) is 2.74.